The highest BCUT2D eigenvalue weighted by Crippen LogP contribution is 2.34. The van der Waals surface area contributed by atoms with Gasteiger partial charge in [0.2, 0.25) is 0 Å². The summed E-state index contributed by atoms with van der Waals surface area (Å²) in [5, 5.41) is 1.25. The molecule has 0 bridgehead atoms. The van der Waals surface area contributed by atoms with Gasteiger partial charge in [-0.25, -0.2) is 4.39 Å². The predicted octanol–water partition coefficient (Wildman–Crippen LogP) is 1.28. The smallest absolute Gasteiger partial charge is 0.286 e. The van der Waals surface area contributed by atoms with Gasteiger partial charge in [0.25, 0.3) is 10.0 Å². The number of nitrogens with two attached hydrogens (primary N) is 1. The van der Waals surface area contributed by atoms with Crippen molar-refractivity contribution in [2.24, 2.45) is 5.73 Å². The zero-order chi connectivity index (χ0) is 15.9. The van der Waals surface area contributed by atoms with E-state index in [1.165, 1.54) is 17.4 Å². The molecule has 0 spiro atoms. The van der Waals surface area contributed by atoms with Crippen molar-refractivity contribution in [2.75, 3.05) is 0 Å². The average Bonchev–Trinajstić information content (AvgIpc) is 2.46. The monoisotopic (exact) mass is 322 g/mol. The average molecular weight is 322 g/mol. The van der Waals surface area contributed by atoms with Crippen LogP contribution < -0.4 is 11.2 Å². The van der Waals surface area contributed by atoms with E-state index in [0.29, 0.717) is 11.3 Å². The standard InChI is InChI=1S/C14H15FN4O2S/c1-10(16)13-9-11-5-4-6-12(15)14(11)22(20,21)19(13)18-8-3-2-7-17-18/h2-10,17H,16H2,1H3. The summed E-state index contributed by atoms with van der Waals surface area (Å²) in [7, 11) is -4.12. The molecule has 1 atom stereocenters. The lowest BCUT2D eigenvalue weighted by molar-refractivity contribution is 0.106. The first kappa shape index (κ1) is 14.6. The van der Waals surface area contributed by atoms with Gasteiger partial charge in [-0.1, -0.05) is 12.1 Å². The third-order valence-corrected chi connectivity index (χ3v) is 5.10. The van der Waals surface area contributed by atoms with E-state index in [1.807, 2.05) is 0 Å². The molecule has 0 radical (unpaired) electrons. The van der Waals surface area contributed by atoms with Gasteiger partial charge in [0.1, 0.15) is 10.7 Å². The van der Waals surface area contributed by atoms with E-state index < -0.39 is 21.9 Å². The maximum atomic E-state index is 14.1. The molecule has 116 valence electrons. The van der Waals surface area contributed by atoms with E-state index in [1.54, 1.807) is 37.4 Å². The van der Waals surface area contributed by atoms with Crippen LogP contribution in [-0.4, -0.2) is 24.0 Å². The van der Waals surface area contributed by atoms with Gasteiger partial charge in [0.05, 0.1) is 5.70 Å². The number of nitrogens with one attached hydrogen (secondary N) is 1. The van der Waals surface area contributed by atoms with Crippen LogP contribution in [0.15, 0.2) is 53.3 Å². The third-order valence-electron chi connectivity index (χ3n) is 3.31. The summed E-state index contributed by atoms with van der Waals surface area (Å²) in [4.78, 5) is -0.357. The zero-order valence-corrected chi connectivity index (χ0v) is 12.6. The third kappa shape index (κ3) is 2.16. The normalized spacial score (nSPS) is 20.2. The van der Waals surface area contributed by atoms with Crippen LogP contribution >= 0.6 is 0 Å². The van der Waals surface area contributed by atoms with Gasteiger partial charge in [0.15, 0.2) is 0 Å². The molecule has 0 amide bonds. The Labute approximate surface area is 128 Å². The molecular formula is C14H15FN4O2S. The van der Waals surface area contributed by atoms with Gasteiger partial charge < -0.3 is 5.73 Å². The fraction of sp³-hybridized carbons (Fsp3) is 0.143. The molecule has 0 fully saturated rings. The van der Waals surface area contributed by atoms with E-state index >= 15 is 0 Å². The predicted molar refractivity (Wildman–Crippen MR) is 80.3 cm³/mol. The molecular weight excluding hydrogens is 307 g/mol. The molecule has 8 heteroatoms. The molecule has 22 heavy (non-hydrogen) atoms. The Hall–Kier alpha value is -2.32. The number of hydrogen-bond donors (Lipinski definition) is 2. The van der Waals surface area contributed by atoms with Crippen molar-refractivity contribution in [2.45, 2.75) is 17.9 Å². The van der Waals surface area contributed by atoms with Crippen LogP contribution in [-0.2, 0) is 10.0 Å². The second kappa shape index (κ2) is 5.15. The minimum Gasteiger partial charge on any atom is -0.323 e. The zero-order valence-electron chi connectivity index (χ0n) is 11.8. The van der Waals surface area contributed by atoms with Crippen LogP contribution in [0.1, 0.15) is 12.5 Å². The maximum absolute atomic E-state index is 14.1. The number of hydrazine groups is 2. The van der Waals surface area contributed by atoms with Crippen molar-refractivity contribution in [3.8, 4) is 0 Å². The summed E-state index contributed by atoms with van der Waals surface area (Å²) in [5.41, 5.74) is 9.32. The van der Waals surface area contributed by atoms with Gasteiger partial charge in [-0.15, -0.1) is 0 Å². The van der Waals surface area contributed by atoms with Crippen molar-refractivity contribution >= 4 is 16.1 Å². The van der Waals surface area contributed by atoms with Crippen molar-refractivity contribution in [1.82, 2.24) is 15.0 Å². The molecule has 6 nitrogen and oxygen atoms in total. The number of nitrogens with zero attached hydrogens (tertiary/aromatic N) is 2. The summed E-state index contributed by atoms with van der Waals surface area (Å²) in [5.74, 6) is -0.793. The van der Waals surface area contributed by atoms with Crippen LogP contribution in [0.2, 0.25) is 0 Å². The topological polar surface area (TPSA) is 78.7 Å². The van der Waals surface area contributed by atoms with Crippen LogP contribution in [0.5, 0.6) is 0 Å². The summed E-state index contributed by atoms with van der Waals surface area (Å²) in [6, 6.07) is 3.58. The number of halogens is 1. The molecule has 1 aromatic rings. The maximum Gasteiger partial charge on any atom is 0.286 e. The molecule has 2 aliphatic rings. The molecule has 3 N–H and O–H groups in total. The molecule has 0 saturated carbocycles. The Bertz CT molecular complexity index is 799. The summed E-state index contributed by atoms with van der Waals surface area (Å²) >= 11 is 0. The van der Waals surface area contributed by atoms with Crippen molar-refractivity contribution < 1.29 is 12.8 Å². The minimum absolute atomic E-state index is 0.292. The van der Waals surface area contributed by atoms with E-state index in [0.717, 1.165) is 10.5 Å². The summed E-state index contributed by atoms with van der Waals surface area (Å²) in [6.45, 7) is 1.67. The van der Waals surface area contributed by atoms with Gasteiger partial charge in [-0.2, -0.15) is 17.9 Å². The van der Waals surface area contributed by atoms with Crippen LogP contribution in [0.25, 0.3) is 6.08 Å². The molecule has 1 unspecified atom stereocenters. The highest BCUT2D eigenvalue weighted by molar-refractivity contribution is 7.89. The second-order valence-corrected chi connectivity index (χ2v) is 6.64. The highest BCUT2D eigenvalue weighted by Gasteiger charge is 2.39. The Balaban J connectivity index is 2.23. The number of fused-ring (bicyclic) bond motifs is 1. The molecule has 0 aromatic heterocycles. The molecule has 2 heterocycles. The first-order chi connectivity index (χ1) is 10.4. The quantitative estimate of drug-likeness (QED) is 0.857. The van der Waals surface area contributed by atoms with E-state index in [9.17, 15) is 12.8 Å². The van der Waals surface area contributed by atoms with Gasteiger partial charge in [0, 0.05) is 18.4 Å². The fourth-order valence-corrected chi connectivity index (χ4v) is 4.10. The van der Waals surface area contributed by atoms with Crippen molar-refractivity contribution in [1.29, 1.82) is 0 Å². The van der Waals surface area contributed by atoms with Gasteiger partial charge >= 0.3 is 0 Å². The fourth-order valence-electron chi connectivity index (χ4n) is 2.36. The SMILES string of the molecule is CC(N)C1=Cc2cccc(F)c2S(=O)(=O)N1N1C=CC=CN1. The van der Waals surface area contributed by atoms with E-state index in [-0.39, 0.29) is 4.90 Å². The van der Waals surface area contributed by atoms with Gasteiger partial charge in [-0.05, 0) is 36.8 Å². The molecule has 0 aliphatic carbocycles. The lowest BCUT2D eigenvalue weighted by Gasteiger charge is -2.39. The number of benzene rings is 1. The molecule has 0 saturated heterocycles. The van der Waals surface area contributed by atoms with Crippen LogP contribution in [0.3, 0.4) is 0 Å². The number of hydrogen-bond acceptors (Lipinski definition) is 5. The number of sulfonamides is 1. The first-order valence-electron chi connectivity index (χ1n) is 6.62. The van der Waals surface area contributed by atoms with Crippen LogP contribution in [0.4, 0.5) is 4.39 Å². The van der Waals surface area contributed by atoms with Crippen molar-refractivity contribution in [3.63, 3.8) is 0 Å². The summed E-state index contributed by atoms with van der Waals surface area (Å²) in [6.07, 6.45) is 8.02. The Morgan fingerprint density at radius 1 is 1.32 bits per heavy atom. The van der Waals surface area contributed by atoms with E-state index in [2.05, 4.69) is 5.43 Å². The molecule has 3 rings (SSSR count). The first-order valence-corrected chi connectivity index (χ1v) is 8.06. The van der Waals surface area contributed by atoms with Crippen molar-refractivity contribution in [3.05, 3.63) is 59.8 Å². The molecule has 2 aliphatic heterocycles. The van der Waals surface area contributed by atoms with Gasteiger partial charge in [-0.3, -0.25) is 5.43 Å². The van der Waals surface area contributed by atoms with Crippen LogP contribution in [0, 0.1) is 5.82 Å². The lowest BCUT2D eigenvalue weighted by atomic mass is 10.1. The van der Waals surface area contributed by atoms with E-state index in [4.69, 9.17) is 5.73 Å². The second-order valence-electron chi connectivity index (χ2n) is 4.94. The Morgan fingerprint density at radius 2 is 2.09 bits per heavy atom. The minimum atomic E-state index is -4.12. The largest absolute Gasteiger partial charge is 0.323 e. The number of rotatable bonds is 2. The summed E-state index contributed by atoms with van der Waals surface area (Å²) < 4.78 is 40.9. The molecule has 1 aromatic carbocycles. The Kier molecular flexibility index (Phi) is 3.42. The highest BCUT2D eigenvalue weighted by atomic mass is 32.2. The Morgan fingerprint density at radius 3 is 2.73 bits per heavy atom. The number of allylic oxidation sites excluding steroid dienone is 2. The lowest BCUT2D eigenvalue weighted by Crippen LogP contribution is -2.52.